The lowest BCUT2D eigenvalue weighted by Gasteiger charge is -1.96. The highest BCUT2D eigenvalue weighted by atomic mass is 35.5. The lowest BCUT2D eigenvalue weighted by atomic mass is 10.2. The van der Waals surface area contributed by atoms with Gasteiger partial charge in [-0.1, -0.05) is 23.7 Å². The van der Waals surface area contributed by atoms with Crippen LogP contribution in [0.5, 0.6) is 0 Å². The molecule has 0 bridgehead atoms. The molecule has 1 aromatic heterocycles. The van der Waals surface area contributed by atoms with Crippen molar-refractivity contribution in [3.05, 3.63) is 58.9 Å². The molecule has 5 heteroatoms. The highest BCUT2D eigenvalue weighted by molar-refractivity contribution is 6.30. The van der Waals surface area contributed by atoms with E-state index in [2.05, 4.69) is 9.98 Å². The zero-order valence-electron chi connectivity index (χ0n) is 9.25. The average molecular weight is 261 g/mol. The maximum absolute atomic E-state index is 10.6. The van der Waals surface area contributed by atoms with Crippen molar-refractivity contribution >= 4 is 29.5 Å². The Kier molecular flexibility index (Phi) is 3.69. The number of carboxylic acids is 1. The van der Waals surface area contributed by atoms with Crippen LogP contribution in [0, 0.1) is 0 Å². The summed E-state index contributed by atoms with van der Waals surface area (Å²) in [7, 11) is 0. The van der Waals surface area contributed by atoms with Crippen LogP contribution in [0.25, 0.3) is 0 Å². The minimum Gasteiger partial charge on any atom is -0.477 e. The fourth-order valence-corrected chi connectivity index (χ4v) is 1.52. The number of nitrogens with zero attached hydrogens (tertiary/aromatic N) is 2. The van der Waals surface area contributed by atoms with E-state index < -0.39 is 5.97 Å². The van der Waals surface area contributed by atoms with Crippen molar-refractivity contribution in [1.82, 2.24) is 4.98 Å². The summed E-state index contributed by atoms with van der Waals surface area (Å²) >= 11 is 5.84. The van der Waals surface area contributed by atoms with Crippen molar-refractivity contribution in [3.8, 4) is 0 Å². The molecule has 0 fully saturated rings. The van der Waals surface area contributed by atoms with Crippen molar-refractivity contribution in [2.45, 2.75) is 0 Å². The van der Waals surface area contributed by atoms with Crippen molar-refractivity contribution in [3.63, 3.8) is 0 Å². The van der Waals surface area contributed by atoms with Crippen LogP contribution < -0.4 is 0 Å². The number of benzene rings is 1. The summed E-state index contributed by atoms with van der Waals surface area (Å²) in [4.78, 5) is 18.6. The molecular weight excluding hydrogens is 252 g/mol. The van der Waals surface area contributed by atoms with Crippen LogP contribution in [-0.4, -0.2) is 22.3 Å². The van der Waals surface area contributed by atoms with Crippen LogP contribution in [-0.2, 0) is 0 Å². The Morgan fingerprint density at radius 3 is 2.78 bits per heavy atom. The van der Waals surface area contributed by atoms with Gasteiger partial charge in [-0.2, -0.15) is 0 Å². The normalized spacial score (nSPS) is 10.7. The fourth-order valence-electron chi connectivity index (χ4n) is 1.32. The van der Waals surface area contributed by atoms with Gasteiger partial charge in [-0.15, -0.1) is 0 Å². The van der Waals surface area contributed by atoms with E-state index in [9.17, 15) is 4.79 Å². The fraction of sp³-hybridized carbons (Fsp3) is 0. The zero-order chi connectivity index (χ0) is 13.0. The second kappa shape index (κ2) is 5.42. The van der Waals surface area contributed by atoms with E-state index in [-0.39, 0.29) is 5.69 Å². The Morgan fingerprint density at radius 1 is 1.33 bits per heavy atom. The van der Waals surface area contributed by atoms with Gasteiger partial charge in [0.2, 0.25) is 0 Å². The Labute approximate surface area is 109 Å². The highest BCUT2D eigenvalue weighted by Crippen LogP contribution is 2.12. The minimum absolute atomic E-state index is 0.00305. The monoisotopic (exact) mass is 260 g/mol. The first-order valence-electron chi connectivity index (χ1n) is 5.14. The largest absolute Gasteiger partial charge is 0.477 e. The molecule has 1 heterocycles. The second-order valence-corrected chi connectivity index (χ2v) is 3.96. The summed E-state index contributed by atoms with van der Waals surface area (Å²) in [5.41, 5.74) is 1.45. The summed E-state index contributed by atoms with van der Waals surface area (Å²) in [5.74, 6) is -1.06. The number of carbonyl (C=O) groups is 1. The molecule has 1 aromatic carbocycles. The molecule has 4 nitrogen and oxygen atoms in total. The van der Waals surface area contributed by atoms with Crippen molar-refractivity contribution in [2.24, 2.45) is 4.99 Å². The van der Waals surface area contributed by atoms with Gasteiger partial charge in [0.1, 0.15) is 5.69 Å². The lowest BCUT2D eigenvalue weighted by Crippen LogP contribution is -1.98. The molecule has 0 aliphatic carbocycles. The molecule has 1 N–H and O–H groups in total. The molecule has 0 radical (unpaired) electrons. The van der Waals surface area contributed by atoms with Crippen LogP contribution in [0.2, 0.25) is 5.02 Å². The molecule has 0 atom stereocenters. The summed E-state index contributed by atoms with van der Waals surface area (Å²) in [5, 5.41) is 9.34. The first-order chi connectivity index (χ1) is 8.65. The van der Waals surface area contributed by atoms with Gasteiger partial charge < -0.3 is 5.11 Å². The van der Waals surface area contributed by atoms with E-state index in [0.29, 0.717) is 10.7 Å². The molecule has 0 aliphatic heterocycles. The van der Waals surface area contributed by atoms with E-state index in [1.807, 2.05) is 12.1 Å². The maximum Gasteiger partial charge on any atom is 0.354 e. The Balaban J connectivity index is 2.16. The second-order valence-electron chi connectivity index (χ2n) is 3.52. The van der Waals surface area contributed by atoms with E-state index >= 15 is 0 Å². The molecular formula is C13H9ClN2O2. The number of rotatable bonds is 3. The minimum atomic E-state index is -1.06. The van der Waals surface area contributed by atoms with Gasteiger partial charge in [-0.05, 0) is 29.8 Å². The van der Waals surface area contributed by atoms with E-state index in [1.54, 1.807) is 24.4 Å². The molecule has 2 aromatic rings. The predicted octanol–water partition coefficient (Wildman–Crippen LogP) is 3.18. The molecule has 0 saturated heterocycles. The van der Waals surface area contributed by atoms with Crippen molar-refractivity contribution < 1.29 is 9.90 Å². The number of carboxylic acid groups (broad SMARTS) is 1. The SMILES string of the molecule is O=C(O)c1ccc(N=Cc2cccc(Cl)c2)cn1. The third-order valence-electron chi connectivity index (χ3n) is 2.18. The highest BCUT2D eigenvalue weighted by Gasteiger charge is 2.02. The lowest BCUT2D eigenvalue weighted by molar-refractivity contribution is 0.0690. The van der Waals surface area contributed by atoms with E-state index in [0.717, 1.165) is 5.56 Å². The third kappa shape index (κ3) is 3.15. The molecule has 0 amide bonds. The Morgan fingerprint density at radius 2 is 2.17 bits per heavy atom. The van der Waals surface area contributed by atoms with Crippen molar-refractivity contribution in [1.29, 1.82) is 0 Å². The molecule has 18 heavy (non-hydrogen) atoms. The van der Waals surface area contributed by atoms with Gasteiger partial charge in [0.15, 0.2) is 0 Å². The Bertz CT molecular complexity index is 594. The Hall–Kier alpha value is -2.20. The standard InChI is InChI=1S/C13H9ClN2O2/c14-10-3-1-2-9(6-10)7-15-11-4-5-12(13(17)18)16-8-11/h1-8H,(H,17,18). The van der Waals surface area contributed by atoms with Crippen LogP contribution in [0.1, 0.15) is 16.1 Å². The third-order valence-corrected chi connectivity index (χ3v) is 2.41. The van der Waals surface area contributed by atoms with Gasteiger partial charge in [0.05, 0.1) is 11.9 Å². The summed E-state index contributed by atoms with van der Waals surface area (Å²) in [6, 6.07) is 10.3. The number of halogens is 1. The van der Waals surface area contributed by atoms with Gasteiger partial charge >= 0.3 is 5.97 Å². The van der Waals surface area contributed by atoms with Gasteiger partial charge in [0, 0.05) is 11.2 Å². The number of aromatic carboxylic acids is 1. The van der Waals surface area contributed by atoms with Crippen LogP contribution in [0.4, 0.5) is 5.69 Å². The predicted molar refractivity (Wildman–Crippen MR) is 69.9 cm³/mol. The van der Waals surface area contributed by atoms with Crippen LogP contribution in [0.3, 0.4) is 0 Å². The van der Waals surface area contributed by atoms with Crippen molar-refractivity contribution in [2.75, 3.05) is 0 Å². The summed E-state index contributed by atoms with van der Waals surface area (Å²) in [6.45, 7) is 0. The molecule has 90 valence electrons. The number of aliphatic imine (C=N–C) groups is 1. The number of pyridine rings is 1. The maximum atomic E-state index is 10.6. The molecule has 0 spiro atoms. The van der Waals surface area contributed by atoms with E-state index in [4.69, 9.17) is 16.7 Å². The summed E-state index contributed by atoms with van der Waals surface area (Å²) in [6.07, 6.45) is 3.05. The first kappa shape index (κ1) is 12.3. The quantitative estimate of drug-likeness (QED) is 0.862. The smallest absolute Gasteiger partial charge is 0.354 e. The average Bonchev–Trinajstić information content (AvgIpc) is 2.37. The number of hydrogen-bond donors (Lipinski definition) is 1. The first-order valence-corrected chi connectivity index (χ1v) is 5.52. The van der Waals surface area contributed by atoms with Crippen LogP contribution >= 0.6 is 11.6 Å². The topological polar surface area (TPSA) is 62.5 Å². The molecule has 0 unspecified atom stereocenters. The van der Waals surface area contributed by atoms with Crippen LogP contribution in [0.15, 0.2) is 47.6 Å². The molecule has 2 rings (SSSR count). The van der Waals surface area contributed by atoms with E-state index in [1.165, 1.54) is 12.3 Å². The zero-order valence-corrected chi connectivity index (χ0v) is 10.0. The number of aromatic nitrogens is 1. The van der Waals surface area contributed by atoms with Gasteiger partial charge in [-0.25, -0.2) is 9.78 Å². The molecule has 0 saturated carbocycles. The molecule has 0 aliphatic rings. The number of hydrogen-bond acceptors (Lipinski definition) is 3. The van der Waals surface area contributed by atoms with Gasteiger partial charge in [-0.3, -0.25) is 4.99 Å². The summed E-state index contributed by atoms with van der Waals surface area (Å²) < 4.78 is 0. The van der Waals surface area contributed by atoms with Gasteiger partial charge in [0.25, 0.3) is 0 Å².